The summed E-state index contributed by atoms with van der Waals surface area (Å²) in [5, 5.41) is 0. The smallest absolute Gasteiger partial charge is 0.279 e. The Bertz CT molecular complexity index is 98.4. The van der Waals surface area contributed by atoms with Gasteiger partial charge in [-0.25, -0.2) is 0 Å². The first-order valence-corrected chi connectivity index (χ1v) is 2.45. The van der Waals surface area contributed by atoms with Gasteiger partial charge in [0.1, 0.15) is 0 Å². The van der Waals surface area contributed by atoms with Crippen molar-refractivity contribution in [1.82, 2.24) is 0 Å². The number of esters is 1. The number of rotatable bonds is 0. The fourth-order valence-corrected chi connectivity index (χ4v) is 0.217. The summed E-state index contributed by atoms with van der Waals surface area (Å²) in [5.41, 5.74) is -0.415. The van der Waals surface area contributed by atoms with Crippen LogP contribution in [0.15, 0.2) is 0 Å². The van der Waals surface area contributed by atoms with Crippen molar-refractivity contribution < 1.29 is 29.0 Å². The Morgan fingerprint density at radius 3 is 1.70 bits per heavy atom. The van der Waals surface area contributed by atoms with Crippen molar-refractivity contribution >= 4 is 18.4 Å². The van der Waals surface area contributed by atoms with Crippen molar-refractivity contribution in [2.45, 2.75) is 20.8 Å². The molecule has 0 amide bonds. The standard InChI is InChI=1S/C6H11O2.ClH.Zn/c1-6(2,3)5(7)8-4;;/h4H2,1-3H3;1H;/q-1;;. The Hall–Kier alpha value is 0.383. The van der Waals surface area contributed by atoms with Crippen LogP contribution in [-0.4, -0.2) is 5.97 Å². The van der Waals surface area contributed by atoms with Gasteiger partial charge in [-0.2, -0.15) is 7.11 Å². The van der Waals surface area contributed by atoms with Gasteiger partial charge in [-0.3, -0.25) is 4.79 Å². The fraction of sp³-hybridized carbons (Fsp3) is 0.667. The summed E-state index contributed by atoms with van der Waals surface area (Å²) in [6.45, 7) is 5.33. The maximum atomic E-state index is 10.5. The average molecular weight is 217 g/mol. The molecule has 0 aliphatic rings. The summed E-state index contributed by atoms with van der Waals surface area (Å²) in [4.78, 5) is 10.5. The minimum Gasteiger partial charge on any atom is -0.640 e. The predicted molar refractivity (Wildman–Crippen MR) is 38.2 cm³/mol. The van der Waals surface area contributed by atoms with E-state index in [1.807, 2.05) is 0 Å². The van der Waals surface area contributed by atoms with Crippen molar-refractivity contribution in [3.63, 3.8) is 0 Å². The van der Waals surface area contributed by atoms with E-state index in [9.17, 15) is 4.79 Å². The van der Waals surface area contributed by atoms with E-state index >= 15 is 0 Å². The predicted octanol–water partition coefficient (Wildman–Crippen LogP) is 1.79. The van der Waals surface area contributed by atoms with Crippen molar-refractivity contribution in [1.29, 1.82) is 0 Å². The first-order valence-electron chi connectivity index (χ1n) is 2.45. The van der Waals surface area contributed by atoms with Gasteiger partial charge in [-0.15, -0.1) is 12.4 Å². The van der Waals surface area contributed by atoms with Gasteiger partial charge in [0, 0.05) is 19.5 Å². The van der Waals surface area contributed by atoms with Crippen LogP contribution in [0.1, 0.15) is 20.8 Å². The van der Waals surface area contributed by atoms with Crippen LogP contribution in [0.3, 0.4) is 0 Å². The molecule has 0 saturated carbocycles. The minimum atomic E-state index is -0.415. The average Bonchev–Trinajstić information content (AvgIpc) is 1.62. The molecule has 0 aromatic rings. The summed E-state index contributed by atoms with van der Waals surface area (Å²) in [5.74, 6) is -0.280. The first kappa shape index (κ1) is 16.8. The van der Waals surface area contributed by atoms with Crippen LogP contribution in [0, 0.1) is 12.5 Å². The SMILES string of the molecule is Cl.[CH2-]OC(=O)C(C)(C)C.[Zn]. The normalized spacial score (nSPS) is 8.80. The number of halogens is 1. The number of ether oxygens (including phenoxy) is 1. The maximum absolute atomic E-state index is 10.5. The number of carbonyl (C=O) groups excluding carboxylic acids is 1. The summed E-state index contributed by atoms with van der Waals surface area (Å²) < 4.78 is 4.23. The number of carbonyl (C=O) groups is 1. The van der Waals surface area contributed by atoms with Crippen LogP contribution in [0.4, 0.5) is 0 Å². The third kappa shape index (κ3) is 6.50. The van der Waals surface area contributed by atoms with Crippen LogP contribution >= 0.6 is 12.4 Å². The topological polar surface area (TPSA) is 26.3 Å². The van der Waals surface area contributed by atoms with Crippen molar-refractivity contribution in [2.75, 3.05) is 0 Å². The van der Waals surface area contributed by atoms with Crippen molar-refractivity contribution in [3.05, 3.63) is 7.11 Å². The zero-order valence-corrected chi connectivity index (χ0v) is 10.4. The zero-order chi connectivity index (χ0) is 6.78. The van der Waals surface area contributed by atoms with Gasteiger partial charge in [-0.05, 0) is 20.8 Å². The van der Waals surface area contributed by atoms with Crippen LogP contribution in [-0.2, 0) is 29.0 Å². The van der Waals surface area contributed by atoms with Crippen LogP contribution in [0.2, 0.25) is 0 Å². The molecule has 2 nitrogen and oxygen atoms in total. The molecular weight excluding hydrogens is 205 g/mol. The molecule has 0 rings (SSSR count). The molecule has 0 aliphatic heterocycles. The second-order valence-electron chi connectivity index (χ2n) is 2.68. The Labute approximate surface area is 80.9 Å². The quantitative estimate of drug-likeness (QED) is 0.351. The van der Waals surface area contributed by atoms with Gasteiger partial charge in [0.25, 0.3) is 5.97 Å². The third-order valence-corrected chi connectivity index (χ3v) is 0.743. The van der Waals surface area contributed by atoms with E-state index in [0.717, 1.165) is 0 Å². The monoisotopic (exact) mass is 215 g/mol. The van der Waals surface area contributed by atoms with Crippen LogP contribution in [0.5, 0.6) is 0 Å². The first-order chi connectivity index (χ1) is 3.48. The van der Waals surface area contributed by atoms with E-state index < -0.39 is 5.41 Å². The summed E-state index contributed by atoms with van der Waals surface area (Å²) >= 11 is 0. The molecule has 0 saturated heterocycles. The van der Waals surface area contributed by atoms with E-state index in [1.165, 1.54) is 0 Å². The van der Waals surface area contributed by atoms with E-state index in [2.05, 4.69) is 11.8 Å². The van der Waals surface area contributed by atoms with Gasteiger partial charge in [0.15, 0.2) is 0 Å². The van der Waals surface area contributed by atoms with E-state index in [-0.39, 0.29) is 37.9 Å². The summed E-state index contributed by atoms with van der Waals surface area (Å²) in [6.07, 6.45) is 0. The molecule has 0 bridgehead atoms. The van der Waals surface area contributed by atoms with E-state index in [1.54, 1.807) is 20.8 Å². The third-order valence-electron chi connectivity index (χ3n) is 0.743. The Morgan fingerprint density at radius 2 is 1.70 bits per heavy atom. The second kappa shape index (κ2) is 6.12. The van der Waals surface area contributed by atoms with Gasteiger partial charge in [0.05, 0.1) is 5.41 Å². The molecule has 0 fully saturated rings. The number of hydrogen-bond acceptors (Lipinski definition) is 2. The van der Waals surface area contributed by atoms with Crippen molar-refractivity contribution in [3.8, 4) is 0 Å². The minimum absolute atomic E-state index is 0. The molecule has 0 unspecified atom stereocenters. The maximum Gasteiger partial charge on any atom is 0.279 e. The second-order valence-corrected chi connectivity index (χ2v) is 2.68. The molecule has 0 heterocycles. The van der Waals surface area contributed by atoms with Gasteiger partial charge < -0.3 is 4.74 Å². The van der Waals surface area contributed by atoms with Crippen LogP contribution in [0.25, 0.3) is 0 Å². The molecule has 10 heavy (non-hydrogen) atoms. The molecule has 4 heteroatoms. The van der Waals surface area contributed by atoms with Crippen LogP contribution < -0.4 is 0 Å². The molecule has 0 aromatic heterocycles. The molecular formula is C6H12ClO2Zn-. The fourth-order valence-electron chi connectivity index (χ4n) is 0.217. The molecule has 0 N–H and O–H groups in total. The molecule has 58 valence electrons. The molecule has 0 aliphatic carbocycles. The van der Waals surface area contributed by atoms with Gasteiger partial charge >= 0.3 is 0 Å². The Kier molecular flexibility index (Phi) is 10.3. The van der Waals surface area contributed by atoms with Gasteiger partial charge in [0.2, 0.25) is 0 Å². The molecule has 0 spiro atoms. The van der Waals surface area contributed by atoms with E-state index in [4.69, 9.17) is 0 Å². The summed E-state index contributed by atoms with van der Waals surface area (Å²) in [6, 6.07) is 0. The van der Waals surface area contributed by atoms with E-state index in [0.29, 0.717) is 0 Å². The van der Waals surface area contributed by atoms with Gasteiger partial charge in [-0.1, -0.05) is 0 Å². The largest absolute Gasteiger partial charge is 0.640 e. The molecule has 0 atom stereocenters. The molecule has 0 radical (unpaired) electrons. The van der Waals surface area contributed by atoms with Crippen molar-refractivity contribution in [2.24, 2.45) is 5.41 Å². The summed E-state index contributed by atoms with van der Waals surface area (Å²) in [7, 11) is 3.00. The Balaban J connectivity index is -0.000000245. The number of hydrogen-bond donors (Lipinski definition) is 0. The zero-order valence-electron chi connectivity index (χ0n) is 6.64. The molecule has 0 aromatic carbocycles. The Morgan fingerprint density at radius 1 is 1.40 bits per heavy atom.